The number of hydrogen-bond donors (Lipinski definition) is 1. The van der Waals surface area contributed by atoms with Gasteiger partial charge in [-0.15, -0.1) is 11.6 Å². The van der Waals surface area contributed by atoms with Crippen LogP contribution in [0.15, 0.2) is 4.52 Å². The van der Waals surface area contributed by atoms with Gasteiger partial charge < -0.3 is 4.52 Å². The molecule has 0 fully saturated rings. The third-order valence-electron chi connectivity index (χ3n) is 2.85. The molecule has 2 aromatic heterocycles. The minimum Gasteiger partial charge on any atom is -0.332 e. The molecule has 0 atom stereocenters. The molecule has 6 heteroatoms. The number of rotatable bonds is 2. The van der Waals surface area contributed by atoms with E-state index in [0.29, 0.717) is 11.7 Å². The lowest BCUT2D eigenvalue weighted by Crippen LogP contribution is -2.01. The monoisotopic (exact) mass is 238 g/mol. The van der Waals surface area contributed by atoms with Crippen molar-refractivity contribution >= 4 is 11.6 Å². The van der Waals surface area contributed by atoms with E-state index in [4.69, 9.17) is 16.1 Å². The van der Waals surface area contributed by atoms with E-state index in [-0.39, 0.29) is 5.88 Å². The van der Waals surface area contributed by atoms with E-state index in [9.17, 15) is 0 Å². The maximum atomic E-state index is 5.63. The molecule has 1 N–H and O–H groups in total. The highest BCUT2D eigenvalue weighted by molar-refractivity contribution is 6.16. The topological polar surface area (TPSA) is 67.6 Å². The number of aryl methyl sites for hydroxylation is 1. The quantitative estimate of drug-likeness (QED) is 0.814. The first-order valence-corrected chi connectivity index (χ1v) is 5.87. The molecule has 0 spiro atoms. The molecule has 0 radical (unpaired) electrons. The predicted molar refractivity (Wildman–Crippen MR) is 58.1 cm³/mol. The molecule has 0 aliphatic heterocycles. The molecule has 3 rings (SSSR count). The van der Waals surface area contributed by atoms with Crippen LogP contribution in [0, 0.1) is 0 Å². The Morgan fingerprint density at radius 2 is 2.19 bits per heavy atom. The summed E-state index contributed by atoms with van der Waals surface area (Å²) in [6, 6.07) is 0. The van der Waals surface area contributed by atoms with Gasteiger partial charge in [-0.25, -0.2) is 0 Å². The Kier molecular flexibility index (Phi) is 2.40. The summed E-state index contributed by atoms with van der Waals surface area (Å²) in [5.74, 6) is 1.23. The Bertz CT molecular complexity index is 505. The van der Waals surface area contributed by atoms with Crippen LogP contribution in [0.1, 0.15) is 29.9 Å². The van der Waals surface area contributed by atoms with Gasteiger partial charge in [0.05, 0.1) is 5.88 Å². The zero-order chi connectivity index (χ0) is 11.0. The Morgan fingerprint density at radius 1 is 1.31 bits per heavy atom. The first-order chi connectivity index (χ1) is 7.88. The fourth-order valence-corrected chi connectivity index (χ4v) is 2.17. The number of aromatic nitrogens is 4. The van der Waals surface area contributed by atoms with Crippen LogP contribution in [0.4, 0.5) is 0 Å². The maximum absolute atomic E-state index is 5.63. The molecule has 84 valence electrons. The van der Waals surface area contributed by atoms with Gasteiger partial charge in [-0.3, -0.25) is 5.10 Å². The molecule has 2 aromatic rings. The lowest BCUT2D eigenvalue weighted by atomic mass is 9.96. The summed E-state index contributed by atoms with van der Waals surface area (Å²) in [6.07, 6.45) is 4.49. The number of H-pyrrole nitrogens is 1. The van der Waals surface area contributed by atoms with Crippen LogP contribution in [-0.2, 0) is 18.7 Å². The van der Waals surface area contributed by atoms with E-state index < -0.39 is 0 Å². The first kappa shape index (κ1) is 9.84. The fraction of sp³-hybridized carbons (Fsp3) is 0.500. The van der Waals surface area contributed by atoms with Crippen LogP contribution < -0.4 is 0 Å². The highest BCUT2D eigenvalue weighted by Crippen LogP contribution is 2.28. The second-order valence-electron chi connectivity index (χ2n) is 3.89. The second-order valence-corrected chi connectivity index (χ2v) is 4.15. The lowest BCUT2D eigenvalue weighted by Gasteiger charge is -2.09. The maximum Gasteiger partial charge on any atom is 0.278 e. The number of aromatic amines is 1. The van der Waals surface area contributed by atoms with Gasteiger partial charge in [0.2, 0.25) is 0 Å². The van der Waals surface area contributed by atoms with Crippen molar-refractivity contribution in [2.24, 2.45) is 0 Å². The summed E-state index contributed by atoms with van der Waals surface area (Å²) in [7, 11) is 0. The Labute approximate surface area is 97.2 Å². The summed E-state index contributed by atoms with van der Waals surface area (Å²) in [5.41, 5.74) is 3.21. The van der Waals surface area contributed by atoms with E-state index in [1.54, 1.807) is 0 Å². The molecule has 0 amide bonds. The van der Waals surface area contributed by atoms with Crippen LogP contribution >= 0.6 is 11.6 Å². The minimum atomic E-state index is 0.260. The van der Waals surface area contributed by atoms with Crippen LogP contribution in [0.25, 0.3) is 11.6 Å². The highest BCUT2D eigenvalue weighted by atomic mass is 35.5. The number of nitrogens with one attached hydrogen (secondary N) is 1. The number of alkyl halides is 1. The third-order valence-corrected chi connectivity index (χ3v) is 3.09. The van der Waals surface area contributed by atoms with E-state index in [1.165, 1.54) is 24.1 Å². The van der Waals surface area contributed by atoms with E-state index in [2.05, 4.69) is 20.3 Å². The summed E-state index contributed by atoms with van der Waals surface area (Å²) in [6.45, 7) is 0. The van der Waals surface area contributed by atoms with E-state index in [1.807, 2.05) is 0 Å². The summed E-state index contributed by atoms with van der Waals surface area (Å²) in [4.78, 5) is 4.19. The molecule has 16 heavy (non-hydrogen) atoms. The van der Waals surface area contributed by atoms with Crippen LogP contribution in [0.2, 0.25) is 0 Å². The van der Waals surface area contributed by atoms with Crippen LogP contribution in [-0.4, -0.2) is 20.3 Å². The van der Waals surface area contributed by atoms with E-state index >= 15 is 0 Å². The standard InChI is InChI=1S/C10H11ClN4O/c11-5-8-12-10(16-15-8)9-6-3-1-2-4-7(6)13-14-9/h1-5H2,(H,13,14). The van der Waals surface area contributed by atoms with Crippen LogP contribution in [0.3, 0.4) is 0 Å². The number of nitrogens with zero attached hydrogens (tertiary/aromatic N) is 3. The van der Waals surface area contributed by atoms with Crippen molar-refractivity contribution < 1.29 is 4.52 Å². The average molecular weight is 239 g/mol. The van der Waals surface area contributed by atoms with Gasteiger partial charge in [0.15, 0.2) is 11.5 Å². The molecule has 2 heterocycles. The Morgan fingerprint density at radius 3 is 3.00 bits per heavy atom. The zero-order valence-electron chi connectivity index (χ0n) is 8.66. The smallest absolute Gasteiger partial charge is 0.278 e. The van der Waals surface area contributed by atoms with Gasteiger partial charge in [-0.2, -0.15) is 10.1 Å². The van der Waals surface area contributed by atoms with Crippen molar-refractivity contribution in [3.63, 3.8) is 0 Å². The molecular formula is C10H11ClN4O. The minimum absolute atomic E-state index is 0.260. The zero-order valence-corrected chi connectivity index (χ0v) is 9.42. The molecule has 1 aliphatic carbocycles. The molecular weight excluding hydrogens is 228 g/mol. The largest absolute Gasteiger partial charge is 0.332 e. The van der Waals surface area contributed by atoms with Crippen molar-refractivity contribution in [1.82, 2.24) is 20.3 Å². The first-order valence-electron chi connectivity index (χ1n) is 5.33. The van der Waals surface area contributed by atoms with Crippen molar-refractivity contribution in [3.05, 3.63) is 17.1 Å². The Hall–Kier alpha value is -1.36. The van der Waals surface area contributed by atoms with Crippen molar-refractivity contribution in [2.45, 2.75) is 31.6 Å². The highest BCUT2D eigenvalue weighted by Gasteiger charge is 2.21. The third kappa shape index (κ3) is 1.51. The van der Waals surface area contributed by atoms with Gasteiger partial charge in [0.1, 0.15) is 0 Å². The van der Waals surface area contributed by atoms with Crippen molar-refractivity contribution in [3.8, 4) is 11.6 Å². The van der Waals surface area contributed by atoms with E-state index in [0.717, 1.165) is 18.5 Å². The second kappa shape index (κ2) is 3.90. The predicted octanol–water partition coefficient (Wildman–Crippen LogP) is 2.08. The van der Waals surface area contributed by atoms with Gasteiger partial charge >= 0.3 is 0 Å². The SMILES string of the molecule is ClCc1noc(-c2n[nH]c3c2CCCC3)n1. The number of fused-ring (bicyclic) bond motifs is 1. The van der Waals surface area contributed by atoms with Gasteiger partial charge in [-0.1, -0.05) is 5.16 Å². The van der Waals surface area contributed by atoms with Gasteiger partial charge in [0, 0.05) is 11.3 Å². The van der Waals surface area contributed by atoms with Crippen LogP contribution in [0.5, 0.6) is 0 Å². The van der Waals surface area contributed by atoms with Crippen molar-refractivity contribution in [2.75, 3.05) is 0 Å². The molecule has 5 nitrogen and oxygen atoms in total. The molecule has 0 saturated heterocycles. The average Bonchev–Trinajstić information content (AvgIpc) is 2.94. The molecule has 0 aromatic carbocycles. The summed E-state index contributed by atoms with van der Waals surface area (Å²) >= 11 is 5.63. The normalized spacial score (nSPS) is 15.1. The van der Waals surface area contributed by atoms with Gasteiger partial charge in [0.25, 0.3) is 5.89 Å². The fourth-order valence-electron chi connectivity index (χ4n) is 2.06. The lowest BCUT2D eigenvalue weighted by molar-refractivity contribution is 0.423. The summed E-state index contributed by atoms with van der Waals surface area (Å²) < 4.78 is 5.14. The Balaban J connectivity index is 2.02. The number of halogens is 1. The molecule has 1 aliphatic rings. The molecule has 0 bridgehead atoms. The number of hydrogen-bond acceptors (Lipinski definition) is 4. The summed E-state index contributed by atoms with van der Waals surface area (Å²) in [5, 5.41) is 11.1. The van der Waals surface area contributed by atoms with Gasteiger partial charge in [-0.05, 0) is 25.7 Å². The molecule has 0 unspecified atom stereocenters. The molecule has 0 saturated carbocycles. The van der Waals surface area contributed by atoms with Crippen molar-refractivity contribution in [1.29, 1.82) is 0 Å².